The molecular weight excluding hydrogens is 389 g/mol. The summed E-state index contributed by atoms with van der Waals surface area (Å²) in [5.74, 6) is 0.813. The number of carbonyl (C=O) groups is 2. The van der Waals surface area contributed by atoms with Crippen molar-refractivity contribution in [1.29, 1.82) is 0 Å². The highest BCUT2D eigenvalue weighted by Crippen LogP contribution is 2.36. The number of benzene rings is 2. The second-order valence-corrected chi connectivity index (χ2v) is 7.82. The van der Waals surface area contributed by atoms with Crippen LogP contribution in [-0.4, -0.2) is 49.3 Å². The van der Waals surface area contributed by atoms with Crippen LogP contribution in [0.2, 0.25) is 0 Å². The SMILES string of the molecule is CC1CCc2cc(F)ccc2N1C(=O)CN1CCN(c2ccc3c(c2)OCO3)C1=O. The summed E-state index contributed by atoms with van der Waals surface area (Å²) in [5, 5.41) is 0. The van der Waals surface area contributed by atoms with Gasteiger partial charge in [-0.3, -0.25) is 9.69 Å². The third-order valence-corrected chi connectivity index (χ3v) is 5.93. The molecule has 8 heteroatoms. The highest BCUT2D eigenvalue weighted by atomic mass is 19.1. The van der Waals surface area contributed by atoms with Gasteiger partial charge in [0.2, 0.25) is 12.7 Å². The average Bonchev–Trinajstić information content (AvgIpc) is 3.34. The zero-order chi connectivity index (χ0) is 20.8. The first-order valence-electron chi connectivity index (χ1n) is 10.1. The van der Waals surface area contributed by atoms with Crippen molar-refractivity contribution in [3.63, 3.8) is 0 Å². The van der Waals surface area contributed by atoms with Gasteiger partial charge in [0, 0.05) is 36.6 Å². The summed E-state index contributed by atoms with van der Waals surface area (Å²) < 4.78 is 24.3. The third kappa shape index (κ3) is 3.12. The van der Waals surface area contributed by atoms with E-state index >= 15 is 0 Å². The Balaban J connectivity index is 1.32. The first-order chi connectivity index (χ1) is 14.5. The minimum atomic E-state index is -0.301. The quantitative estimate of drug-likeness (QED) is 0.779. The normalized spacial score (nSPS) is 20.0. The Morgan fingerprint density at radius 3 is 2.83 bits per heavy atom. The molecule has 0 radical (unpaired) electrons. The molecule has 3 aliphatic heterocycles. The Morgan fingerprint density at radius 2 is 1.97 bits per heavy atom. The van der Waals surface area contributed by atoms with Crippen LogP contribution < -0.4 is 19.3 Å². The van der Waals surface area contributed by atoms with Gasteiger partial charge in [-0.2, -0.15) is 0 Å². The minimum Gasteiger partial charge on any atom is -0.454 e. The average molecular weight is 411 g/mol. The second kappa shape index (κ2) is 7.19. The van der Waals surface area contributed by atoms with Crippen LogP contribution in [0, 0.1) is 5.82 Å². The van der Waals surface area contributed by atoms with Crippen molar-refractivity contribution in [2.45, 2.75) is 25.8 Å². The minimum absolute atomic E-state index is 0.00173. The smallest absolute Gasteiger partial charge is 0.325 e. The number of hydrogen-bond donors (Lipinski definition) is 0. The molecule has 0 spiro atoms. The van der Waals surface area contributed by atoms with Crippen molar-refractivity contribution in [2.75, 3.05) is 36.2 Å². The van der Waals surface area contributed by atoms with Crippen molar-refractivity contribution >= 4 is 23.3 Å². The van der Waals surface area contributed by atoms with Gasteiger partial charge in [-0.05, 0) is 55.7 Å². The molecule has 1 saturated heterocycles. The van der Waals surface area contributed by atoms with E-state index in [9.17, 15) is 14.0 Å². The summed E-state index contributed by atoms with van der Waals surface area (Å²) in [6.07, 6.45) is 1.50. The fourth-order valence-electron chi connectivity index (χ4n) is 4.36. The monoisotopic (exact) mass is 411 g/mol. The van der Waals surface area contributed by atoms with Crippen LogP contribution in [0.25, 0.3) is 0 Å². The summed E-state index contributed by atoms with van der Waals surface area (Å²) in [4.78, 5) is 31.0. The number of fused-ring (bicyclic) bond motifs is 2. The van der Waals surface area contributed by atoms with Crippen LogP contribution in [-0.2, 0) is 11.2 Å². The summed E-state index contributed by atoms with van der Waals surface area (Å²) in [7, 11) is 0. The molecule has 2 aromatic carbocycles. The van der Waals surface area contributed by atoms with E-state index in [1.165, 1.54) is 12.1 Å². The Labute approximate surface area is 173 Å². The highest BCUT2D eigenvalue weighted by Gasteiger charge is 2.35. The molecule has 3 aliphatic rings. The zero-order valence-corrected chi connectivity index (χ0v) is 16.6. The summed E-state index contributed by atoms with van der Waals surface area (Å²) in [5.41, 5.74) is 2.28. The zero-order valence-electron chi connectivity index (χ0n) is 16.6. The molecule has 3 amide bonds. The number of ether oxygens (including phenoxy) is 2. The van der Waals surface area contributed by atoms with Crippen molar-refractivity contribution < 1.29 is 23.5 Å². The molecule has 5 rings (SSSR count). The predicted octanol–water partition coefficient (Wildman–Crippen LogP) is 3.16. The molecular formula is C22H22FN3O4. The van der Waals surface area contributed by atoms with E-state index in [1.54, 1.807) is 32.9 Å². The number of anilines is 2. The fraction of sp³-hybridized carbons (Fsp3) is 0.364. The van der Waals surface area contributed by atoms with Crippen LogP contribution in [0.4, 0.5) is 20.6 Å². The largest absolute Gasteiger partial charge is 0.454 e. The highest BCUT2D eigenvalue weighted by molar-refractivity contribution is 6.01. The van der Waals surface area contributed by atoms with Gasteiger partial charge in [0.1, 0.15) is 12.4 Å². The van der Waals surface area contributed by atoms with E-state index in [2.05, 4.69) is 0 Å². The fourth-order valence-corrected chi connectivity index (χ4v) is 4.36. The lowest BCUT2D eigenvalue weighted by molar-refractivity contribution is -0.119. The Morgan fingerprint density at radius 1 is 1.13 bits per heavy atom. The number of halogens is 1. The molecule has 2 aromatic rings. The maximum atomic E-state index is 13.6. The van der Waals surface area contributed by atoms with Crippen molar-refractivity contribution in [3.8, 4) is 11.5 Å². The summed E-state index contributed by atoms with van der Waals surface area (Å²) >= 11 is 0. The maximum Gasteiger partial charge on any atom is 0.325 e. The summed E-state index contributed by atoms with van der Waals surface area (Å²) in [6.45, 7) is 3.09. The molecule has 0 bridgehead atoms. The Hall–Kier alpha value is -3.29. The number of rotatable bonds is 3. The van der Waals surface area contributed by atoms with Gasteiger partial charge in [0.05, 0.1) is 0 Å². The first kappa shape index (κ1) is 18.7. The molecule has 0 aliphatic carbocycles. The van der Waals surface area contributed by atoms with Crippen LogP contribution in [0.5, 0.6) is 11.5 Å². The topological polar surface area (TPSA) is 62.3 Å². The number of carbonyl (C=O) groups excluding carboxylic acids is 2. The molecule has 0 aromatic heterocycles. The standard InChI is InChI=1S/C22H22FN3O4/c1-14-2-3-15-10-16(23)4-6-18(15)26(14)21(27)12-24-8-9-25(22(24)28)17-5-7-19-20(11-17)30-13-29-19/h4-7,10-11,14H,2-3,8-9,12-13H2,1H3. The van der Waals surface area contributed by atoms with Crippen LogP contribution >= 0.6 is 0 Å². The van der Waals surface area contributed by atoms with Crippen LogP contribution in [0.3, 0.4) is 0 Å². The van der Waals surface area contributed by atoms with E-state index in [0.29, 0.717) is 30.3 Å². The molecule has 30 heavy (non-hydrogen) atoms. The van der Waals surface area contributed by atoms with E-state index in [4.69, 9.17) is 9.47 Å². The van der Waals surface area contributed by atoms with Crippen molar-refractivity contribution in [2.24, 2.45) is 0 Å². The van der Waals surface area contributed by atoms with E-state index in [1.807, 2.05) is 13.0 Å². The molecule has 156 valence electrons. The molecule has 1 atom stereocenters. The van der Waals surface area contributed by atoms with Gasteiger partial charge < -0.3 is 19.3 Å². The predicted molar refractivity (Wildman–Crippen MR) is 109 cm³/mol. The van der Waals surface area contributed by atoms with Crippen LogP contribution in [0.15, 0.2) is 36.4 Å². The number of hydrogen-bond acceptors (Lipinski definition) is 4. The Bertz CT molecular complexity index is 1030. The van der Waals surface area contributed by atoms with Crippen molar-refractivity contribution in [3.05, 3.63) is 47.8 Å². The van der Waals surface area contributed by atoms with E-state index in [0.717, 1.165) is 24.1 Å². The van der Waals surface area contributed by atoms with Gasteiger partial charge in [-0.1, -0.05) is 0 Å². The van der Waals surface area contributed by atoms with Gasteiger partial charge in [-0.25, -0.2) is 9.18 Å². The first-order valence-corrected chi connectivity index (χ1v) is 10.1. The number of urea groups is 1. The molecule has 0 saturated carbocycles. The third-order valence-electron chi connectivity index (χ3n) is 5.93. The van der Waals surface area contributed by atoms with Gasteiger partial charge in [0.25, 0.3) is 0 Å². The number of nitrogens with zero attached hydrogens (tertiary/aromatic N) is 3. The molecule has 7 nitrogen and oxygen atoms in total. The molecule has 1 unspecified atom stereocenters. The lowest BCUT2D eigenvalue weighted by atomic mass is 9.96. The number of aryl methyl sites for hydroxylation is 1. The van der Waals surface area contributed by atoms with E-state index in [-0.39, 0.29) is 37.1 Å². The molecule has 3 heterocycles. The summed E-state index contributed by atoms with van der Waals surface area (Å²) in [6, 6.07) is 9.68. The molecule has 0 N–H and O–H groups in total. The van der Waals surface area contributed by atoms with E-state index < -0.39 is 0 Å². The second-order valence-electron chi connectivity index (χ2n) is 7.82. The maximum absolute atomic E-state index is 13.6. The molecule has 1 fully saturated rings. The lowest BCUT2D eigenvalue weighted by Crippen LogP contribution is -2.48. The lowest BCUT2D eigenvalue weighted by Gasteiger charge is -2.36. The van der Waals surface area contributed by atoms with Crippen molar-refractivity contribution in [1.82, 2.24) is 4.90 Å². The van der Waals surface area contributed by atoms with Gasteiger partial charge in [0.15, 0.2) is 11.5 Å². The Kier molecular flexibility index (Phi) is 4.49. The number of amides is 3. The van der Waals surface area contributed by atoms with Crippen LogP contribution in [0.1, 0.15) is 18.9 Å². The van der Waals surface area contributed by atoms with Gasteiger partial charge >= 0.3 is 6.03 Å². The van der Waals surface area contributed by atoms with Gasteiger partial charge in [-0.15, -0.1) is 0 Å².